The Hall–Kier alpha value is -0.830. The monoisotopic (exact) mass is 221 g/mol. The van der Waals surface area contributed by atoms with E-state index < -0.39 is 0 Å². The van der Waals surface area contributed by atoms with Crippen molar-refractivity contribution in [1.82, 2.24) is 15.1 Å². The van der Waals surface area contributed by atoms with E-state index in [1.165, 1.54) is 29.8 Å². The molecule has 0 amide bonds. The fraction of sp³-hybridized carbons (Fsp3) is 0.769. The molecule has 1 N–H and O–H groups in total. The minimum atomic E-state index is 0.375. The van der Waals surface area contributed by atoms with Crippen LogP contribution in [0.4, 0.5) is 0 Å². The largest absolute Gasteiger partial charge is 0.314 e. The molecule has 1 aliphatic carbocycles. The average molecular weight is 221 g/mol. The lowest BCUT2D eigenvalue weighted by Gasteiger charge is -2.14. The predicted octanol–water partition coefficient (Wildman–Crippen LogP) is 2.38. The lowest BCUT2D eigenvalue weighted by Crippen LogP contribution is -2.30. The van der Waals surface area contributed by atoms with Gasteiger partial charge in [0.05, 0.1) is 5.69 Å². The Labute approximate surface area is 98.2 Å². The summed E-state index contributed by atoms with van der Waals surface area (Å²) >= 11 is 0. The van der Waals surface area contributed by atoms with Crippen molar-refractivity contribution < 1.29 is 0 Å². The summed E-state index contributed by atoms with van der Waals surface area (Å²) in [5.74, 6) is 0. The number of likely N-dealkylation sites (N-methyl/N-ethyl adjacent to an activating group) is 1. The predicted molar refractivity (Wildman–Crippen MR) is 66.8 cm³/mol. The second-order valence-electron chi connectivity index (χ2n) is 5.39. The topological polar surface area (TPSA) is 29.9 Å². The van der Waals surface area contributed by atoms with Crippen LogP contribution in [0, 0.1) is 13.8 Å². The average Bonchev–Trinajstić information content (AvgIpc) is 2.96. The molecule has 0 saturated heterocycles. The van der Waals surface area contributed by atoms with Crippen LogP contribution < -0.4 is 5.32 Å². The molecule has 2 rings (SSSR count). The Morgan fingerprint density at radius 1 is 1.38 bits per heavy atom. The van der Waals surface area contributed by atoms with Crippen molar-refractivity contribution >= 4 is 0 Å². The van der Waals surface area contributed by atoms with Crippen LogP contribution in [0.3, 0.4) is 0 Å². The number of nitrogens with one attached hydrogen (secondary N) is 1. The molecule has 1 aromatic rings. The maximum atomic E-state index is 4.64. The van der Waals surface area contributed by atoms with Gasteiger partial charge in [0.25, 0.3) is 0 Å². The summed E-state index contributed by atoms with van der Waals surface area (Å²) in [5.41, 5.74) is 4.36. The number of aryl methyl sites for hydroxylation is 1. The fourth-order valence-corrected chi connectivity index (χ4v) is 2.46. The van der Waals surface area contributed by atoms with Crippen LogP contribution in [0.15, 0.2) is 0 Å². The van der Waals surface area contributed by atoms with E-state index >= 15 is 0 Å². The van der Waals surface area contributed by atoms with E-state index in [1.54, 1.807) is 0 Å². The van der Waals surface area contributed by atoms with Crippen LogP contribution in [-0.4, -0.2) is 22.4 Å². The molecule has 0 aliphatic heterocycles. The molecule has 0 atom stereocenters. The molecule has 1 heterocycles. The molecule has 1 saturated carbocycles. The second kappa shape index (κ2) is 3.88. The first-order chi connectivity index (χ1) is 7.49. The Morgan fingerprint density at radius 2 is 2.00 bits per heavy atom. The molecule has 3 heteroatoms. The van der Waals surface area contributed by atoms with Gasteiger partial charge in [-0.15, -0.1) is 0 Å². The van der Waals surface area contributed by atoms with Gasteiger partial charge in [0.2, 0.25) is 0 Å². The number of aromatic nitrogens is 2. The first kappa shape index (κ1) is 11.6. The summed E-state index contributed by atoms with van der Waals surface area (Å²) < 4.78 is 2.15. The lowest BCUT2D eigenvalue weighted by atomic mass is 10.0. The summed E-state index contributed by atoms with van der Waals surface area (Å²) in [6.07, 6.45) is 3.73. The van der Waals surface area contributed by atoms with E-state index in [0.29, 0.717) is 11.6 Å². The van der Waals surface area contributed by atoms with Gasteiger partial charge in [0.15, 0.2) is 0 Å². The highest BCUT2D eigenvalue weighted by Crippen LogP contribution is 2.39. The standard InChI is InChI=1S/C13H23N3/c1-9(2)16-11(4)12(10(3)15-16)8-13(14-5)6-7-13/h9,14H,6-8H2,1-5H3. The molecule has 1 aliphatic rings. The summed E-state index contributed by atoms with van der Waals surface area (Å²) in [5, 5.41) is 8.10. The first-order valence-corrected chi connectivity index (χ1v) is 6.22. The molecule has 90 valence electrons. The van der Waals surface area contributed by atoms with Gasteiger partial charge in [-0.25, -0.2) is 0 Å². The van der Waals surface area contributed by atoms with Crippen LogP contribution in [-0.2, 0) is 6.42 Å². The summed E-state index contributed by atoms with van der Waals surface area (Å²) in [7, 11) is 2.07. The summed E-state index contributed by atoms with van der Waals surface area (Å²) in [6, 6.07) is 0.456. The van der Waals surface area contributed by atoms with E-state index in [-0.39, 0.29) is 0 Å². The molecule has 1 fully saturated rings. The minimum absolute atomic E-state index is 0.375. The normalized spacial score (nSPS) is 18.1. The van der Waals surface area contributed by atoms with Crippen LogP contribution in [0.1, 0.15) is 49.7 Å². The lowest BCUT2D eigenvalue weighted by molar-refractivity contribution is 0.512. The van der Waals surface area contributed by atoms with Gasteiger partial charge in [0, 0.05) is 17.3 Å². The van der Waals surface area contributed by atoms with E-state index in [4.69, 9.17) is 0 Å². The third kappa shape index (κ3) is 1.88. The molecule has 0 bridgehead atoms. The van der Waals surface area contributed by atoms with E-state index in [9.17, 15) is 0 Å². The maximum Gasteiger partial charge on any atom is 0.0629 e. The molecular formula is C13H23N3. The quantitative estimate of drug-likeness (QED) is 0.846. The SMILES string of the molecule is CNC1(Cc2c(C)nn(C(C)C)c2C)CC1. The molecule has 0 radical (unpaired) electrons. The summed E-state index contributed by atoms with van der Waals surface area (Å²) in [6.45, 7) is 8.70. The Morgan fingerprint density at radius 3 is 2.38 bits per heavy atom. The molecule has 0 unspecified atom stereocenters. The Bertz CT molecular complexity index is 386. The molecule has 0 aromatic carbocycles. The number of hydrogen-bond acceptors (Lipinski definition) is 2. The maximum absolute atomic E-state index is 4.64. The highest BCUT2D eigenvalue weighted by Gasteiger charge is 2.42. The van der Waals surface area contributed by atoms with Gasteiger partial charge in [0.1, 0.15) is 0 Å². The van der Waals surface area contributed by atoms with Crippen molar-refractivity contribution in [2.45, 2.75) is 58.5 Å². The third-order valence-electron chi connectivity index (χ3n) is 3.86. The van der Waals surface area contributed by atoms with Gasteiger partial charge in [-0.1, -0.05) is 0 Å². The van der Waals surface area contributed by atoms with Crippen molar-refractivity contribution in [3.05, 3.63) is 17.0 Å². The van der Waals surface area contributed by atoms with Gasteiger partial charge in [-0.3, -0.25) is 4.68 Å². The van der Waals surface area contributed by atoms with E-state index in [2.05, 4.69) is 49.8 Å². The smallest absolute Gasteiger partial charge is 0.0629 e. The minimum Gasteiger partial charge on any atom is -0.314 e. The number of nitrogens with zero attached hydrogens (tertiary/aromatic N) is 2. The van der Waals surface area contributed by atoms with Gasteiger partial charge in [-0.2, -0.15) is 5.10 Å². The molecule has 16 heavy (non-hydrogen) atoms. The zero-order chi connectivity index (χ0) is 11.9. The highest BCUT2D eigenvalue weighted by atomic mass is 15.3. The zero-order valence-corrected chi connectivity index (χ0v) is 11.1. The van der Waals surface area contributed by atoms with Crippen LogP contribution in [0.25, 0.3) is 0 Å². The molecular weight excluding hydrogens is 198 g/mol. The highest BCUT2D eigenvalue weighted by molar-refractivity contribution is 5.29. The molecule has 3 nitrogen and oxygen atoms in total. The van der Waals surface area contributed by atoms with Gasteiger partial charge < -0.3 is 5.32 Å². The third-order valence-corrected chi connectivity index (χ3v) is 3.86. The van der Waals surface area contributed by atoms with Gasteiger partial charge in [-0.05, 0) is 59.6 Å². The fourth-order valence-electron chi connectivity index (χ4n) is 2.46. The van der Waals surface area contributed by atoms with E-state index in [1.807, 2.05) is 0 Å². The Balaban J connectivity index is 2.27. The number of hydrogen-bond donors (Lipinski definition) is 1. The Kier molecular flexibility index (Phi) is 2.82. The van der Waals surface area contributed by atoms with Gasteiger partial charge >= 0.3 is 0 Å². The van der Waals surface area contributed by atoms with Crippen LogP contribution in [0.2, 0.25) is 0 Å². The van der Waals surface area contributed by atoms with Crippen LogP contribution in [0.5, 0.6) is 0 Å². The second-order valence-corrected chi connectivity index (χ2v) is 5.39. The first-order valence-electron chi connectivity index (χ1n) is 6.22. The molecule has 1 aromatic heterocycles. The van der Waals surface area contributed by atoms with E-state index in [0.717, 1.165) is 6.42 Å². The number of rotatable bonds is 4. The van der Waals surface area contributed by atoms with Crippen molar-refractivity contribution in [3.8, 4) is 0 Å². The summed E-state index contributed by atoms with van der Waals surface area (Å²) in [4.78, 5) is 0. The van der Waals surface area contributed by atoms with Crippen LogP contribution >= 0.6 is 0 Å². The molecule has 0 spiro atoms. The van der Waals surface area contributed by atoms with Crippen molar-refractivity contribution in [3.63, 3.8) is 0 Å². The zero-order valence-electron chi connectivity index (χ0n) is 11.1. The van der Waals surface area contributed by atoms with Crippen molar-refractivity contribution in [2.24, 2.45) is 0 Å². The van der Waals surface area contributed by atoms with Crippen molar-refractivity contribution in [1.29, 1.82) is 0 Å². The van der Waals surface area contributed by atoms with Crippen molar-refractivity contribution in [2.75, 3.05) is 7.05 Å².